The minimum absolute atomic E-state index is 0.0133. The van der Waals surface area contributed by atoms with Gasteiger partial charge in [-0.15, -0.1) is 0 Å². The zero-order chi connectivity index (χ0) is 16.6. The summed E-state index contributed by atoms with van der Waals surface area (Å²) in [6.45, 7) is 4.84. The average Bonchev–Trinajstić information content (AvgIpc) is 3.14. The molecule has 0 spiro atoms. The van der Waals surface area contributed by atoms with E-state index in [1.54, 1.807) is 15.8 Å². The summed E-state index contributed by atoms with van der Waals surface area (Å²) in [4.78, 5) is 14.5. The molecule has 0 bridgehead atoms. The molecule has 1 amide bonds. The molecule has 0 unspecified atom stereocenters. The summed E-state index contributed by atoms with van der Waals surface area (Å²) >= 11 is 0. The number of hydrogen-bond acceptors (Lipinski definition) is 5. The molecule has 2 fully saturated rings. The molecule has 0 radical (unpaired) electrons. The van der Waals surface area contributed by atoms with Crippen molar-refractivity contribution < 1.29 is 17.9 Å². The molecule has 0 saturated carbocycles. The molecule has 2 aliphatic rings. The van der Waals surface area contributed by atoms with Crippen molar-refractivity contribution in [1.82, 2.24) is 14.7 Å². The van der Waals surface area contributed by atoms with Gasteiger partial charge in [-0.1, -0.05) is 0 Å². The molecule has 1 aromatic heterocycles. The molecule has 3 rings (SSSR count). The second kappa shape index (κ2) is 6.24. The van der Waals surface area contributed by atoms with E-state index in [1.165, 1.54) is 0 Å². The molecular formula is C15H23N3O4S. The van der Waals surface area contributed by atoms with Crippen molar-refractivity contribution in [2.75, 3.05) is 18.1 Å². The van der Waals surface area contributed by atoms with Crippen LogP contribution in [0, 0.1) is 0 Å². The van der Waals surface area contributed by atoms with E-state index in [0.717, 1.165) is 12.0 Å². The molecule has 0 aromatic carbocycles. The largest absolute Gasteiger partial charge is 0.365 e. The van der Waals surface area contributed by atoms with Crippen LogP contribution < -0.4 is 0 Å². The van der Waals surface area contributed by atoms with Crippen LogP contribution in [0.2, 0.25) is 0 Å². The average molecular weight is 341 g/mol. The van der Waals surface area contributed by atoms with Crippen LogP contribution in [0.15, 0.2) is 12.4 Å². The zero-order valence-corrected chi connectivity index (χ0v) is 14.3. The third-order valence-corrected chi connectivity index (χ3v) is 6.21. The number of rotatable bonds is 3. The topological polar surface area (TPSA) is 81.5 Å². The van der Waals surface area contributed by atoms with Gasteiger partial charge in [-0.3, -0.25) is 9.48 Å². The number of sulfone groups is 1. The second-order valence-electron chi connectivity index (χ2n) is 6.30. The third kappa shape index (κ3) is 3.42. The van der Waals surface area contributed by atoms with Gasteiger partial charge in [-0.25, -0.2) is 8.42 Å². The molecular weight excluding hydrogens is 318 g/mol. The van der Waals surface area contributed by atoms with Gasteiger partial charge in [-0.2, -0.15) is 5.10 Å². The van der Waals surface area contributed by atoms with Crippen LogP contribution in [0.4, 0.5) is 0 Å². The van der Waals surface area contributed by atoms with E-state index in [9.17, 15) is 13.2 Å². The highest BCUT2D eigenvalue weighted by molar-refractivity contribution is 7.91. The molecule has 8 heteroatoms. The number of nitrogens with zero attached hydrogens (tertiary/aromatic N) is 3. The van der Waals surface area contributed by atoms with Crippen LogP contribution in [-0.2, 0) is 25.9 Å². The first-order valence-electron chi connectivity index (χ1n) is 8.08. The Labute approximate surface area is 136 Å². The summed E-state index contributed by atoms with van der Waals surface area (Å²) in [5.41, 5.74) is 0.773. The van der Waals surface area contributed by atoms with Crippen molar-refractivity contribution in [2.24, 2.45) is 0 Å². The van der Waals surface area contributed by atoms with Crippen LogP contribution in [0.25, 0.3) is 0 Å². The Balaban J connectivity index is 1.85. The van der Waals surface area contributed by atoms with E-state index in [4.69, 9.17) is 4.74 Å². The maximum atomic E-state index is 12.8. The number of amides is 1. The monoisotopic (exact) mass is 341 g/mol. The predicted octanol–water partition coefficient (Wildman–Crippen LogP) is 0.769. The van der Waals surface area contributed by atoms with E-state index < -0.39 is 22.0 Å². The van der Waals surface area contributed by atoms with Gasteiger partial charge in [0.2, 0.25) is 0 Å². The minimum Gasteiger partial charge on any atom is -0.365 e. The molecule has 3 heterocycles. The maximum Gasteiger partial charge on any atom is 0.252 e. The first-order valence-corrected chi connectivity index (χ1v) is 9.90. The summed E-state index contributed by atoms with van der Waals surface area (Å²) in [5, 5.41) is 4.21. The van der Waals surface area contributed by atoms with Crippen molar-refractivity contribution in [1.29, 1.82) is 0 Å². The molecule has 0 N–H and O–H groups in total. The van der Waals surface area contributed by atoms with Gasteiger partial charge >= 0.3 is 0 Å². The van der Waals surface area contributed by atoms with E-state index in [1.807, 2.05) is 20.0 Å². The second-order valence-corrected chi connectivity index (χ2v) is 8.53. The van der Waals surface area contributed by atoms with Crippen LogP contribution in [0.3, 0.4) is 0 Å². The Morgan fingerprint density at radius 2 is 2.22 bits per heavy atom. The summed E-state index contributed by atoms with van der Waals surface area (Å²) < 4.78 is 31.5. The summed E-state index contributed by atoms with van der Waals surface area (Å²) in [7, 11) is -3.15. The van der Waals surface area contributed by atoms with Crippen LogP contribution >= 0.6 is 0 Å². The fourth-order valence-corrected chi connectivity index (χ4v) is 4.74. The van der Waals surface area contributed by atoms with Crippen molar-refractivity contribution in [3.8, 4) is 0 Å². The standard InChI is InChI=1S/C15H23N3O4S/c1-3-17-9-12(8-16-17)13-10-23(20,21)7-6-18(13)15(19)14-5-4-11(2)22-14/h8-9,11,13-14H,3-7,10H2,1-2H3/t11-,13+,14+/m1/s1. The predicted molar refractivity (Wildman–Crippen MR) is 84.6 cm³/mol. The van der Waals surface area contributed by atoms with Gasteiger partial charge in [0, 0.05) is 24.8 Å². The molecule has 1 aromatic rings. The summed E-state index contributed by atoms with van der Waals surface area (Å²) in [6.07, 6.45) is 4.68. The van der Waals surface area contributed by atoms with E-state index in [0.29, 0.717) is 13.0 Å². The lowest BCUT2D eigenvalue weighted by Gasteiger charge is -2.36. The van der Waals surface area contributed by atoms with Gasteiger partial charge in [0.25, 0.3) is 5.91 Å². The highest BCUT2D eigenvalue weighted by atomic mass is 32.2. The normalized spacial score (nSPS) is 30.5. The lowest BCUT2D eigenvalue weighted by molar-refractivity contribution is -0.144. The van der Waals surface area contributed by atoms with Gasteiger partial charge < -0.3 is 9.64 Å². The molecule has 3 atom stereocenters. The number of hydrogen-bond donors (Lipinski definition) is 0. The number of ether oxygens (including phenoxy) is 1. The Morgan fingerprint density at radius 3 is 2.83 bits per heavy atom. The Morgan fingerprint density at radius 1 is 1.43 bits per heavy atom. The SMILES string of the molecule is CCn1cc([C@@H]2CS(=O)(=O)CCN2C(=O)[C@@H]2CC[C@@H](C)O2)cn1. The van der Waals surface area contributed by atoms with Crippen molar-refractivity contribution in [3.05, 3.63) is 18.0 Å². The fraction of sp³-hybridized carbons (Fsp3) is 0.733. The quantitative estimate of drug-likeness (QED) is 0.811. The van der Waals surface area contributed by atoms with E-state index in [-0.39, 0.29) is 30.1 Å². The maximum absolute atomic E-state index is 12.8. The molecule has 2 saturated heterocycles. The Hall–Kier alpha value is -1.41. The Bertz CT molecular complexity index is 685. The van der Waals surface area contributed by atoms with Crippen LogP contribution in [0.1, 0.15) is 38.3 Å². The smallest absolute Gasteiger partial charge is 0.252 e. The first-order chi connectivity index (χ1) is 10.9. The van der Waals surface area contributed by atoms with Crippen molar-refractivity contribution >= 4 is 15.7 Å². The van der Waals surface area contributed by atoms with E-state index >= 15 is 0 Å². The third-order valence-electron chi connectivity index (χ3n) is 4.58. The van der Waals surface area contributed by atoms with Crippen molar-refractivity contribution in [3.63, 3.8) is 0 Å². The Kier molecular flexibility index (Phi) is 4.46. The van der Waals surface area contributed by atoms with Crippen molar-refractivity contribution in [2.45, 2.75) is 51.5 Å². The van der Waals surface area contributed by atoms with Crippen LogP contribution in [-0.4, -0.2) is 59.3 Å². The lowest BCUT2D eigenvalue weighted by Crippen LogP contribution is -2.49. The van der Waals surface area contributed by atoms with Gasteiger partial charge in [0.1, 0.15) is 6.10 Å². The molecule has 2 aliphatic heterocycles. The number of carbonyl (C=O) groups is 1. The van der Waals surface area contributed by atoms with Crippen LogP contribution in [0.5, 0.6) is 0 Å². The minimum atomic E-state index is -3.15. The molecule has 0 aliphatic carbocycles. The van der Waals surface area contributed by atoms with E-state index in [2.05, 4.69) is 5.10 Å². The first kappa shape index (κ1) is 16.4. The number of aryl methyl sites for hydroxylation is 1. The zero-order valence-electron chi connectivity index (χ0n) is 13.5. The molecule has 128 valence electrons. The van der Waals surface area contributed by atoms with Gasteiger partial charge in [0.05, 0.1) is 29.8 Å². The highest BCUT2D eigenvalue weighted by Gasteiger charge is 2.40. The summed E-state index contributed by atoms with van der Waals surface area (Å²) in [6, 6.07) is -0.471. The highest BCUT2D eigenvalue weighted by Crippen LogP contribution is 2.30. The molecule has 23 heavy (non-hydrogen) atoms. The summed E-state index contributed by atoms with van der Waals surface area (Å²) in [5.74, 6) is -0.131. The molecule has 7 nitrogen and oxygen atoms in total. The fourth-order valence-electron chi connectivity index (χ4n) is 3.24. The lowest BCUT2D eigenvalue weighted by atomic mass is 10.1. The number of aromatic nitrogens is 2. The van der Waals surface area contributed by atoms with Gasteiger partial charge in [-0.05, 0) is 26.7 Å². The number of carbonyl (C=O) groups excluding carboxylic acids is 1. The van der Waals surface area contributed by atoms with Gasteiger partial charge in [0.15, 0.2) is 9.84 Å².